The standard InChI is InChI=1S/C45H75N3O13/c1-15-32-45(10,54)37(50)26(4)34(46-47-40(52)30-19-17-16-18-20-30)24(2)22-44(9,56-14)39(61-42-35(49)31(48(11)12)21-25(3)57-42)27(5)36(28(6)41(53)59-32)60-33-23-43(8,55-13)38(51)29(7)58-33/h16-20,24-29,31-33,35-39,42,49-51,54H,15,21-23H2,1-14H3,(H,47,52)/b46-34+/t24-,25?,26+,27+,28-,29+,31?,32-,33?,35?,36+,37-,38+,39-,42?,43-,44-,45-/m1/s1. The van der Waals surface area contributed by atoms with Crippen molar-refractivity contribution in [3.63, 3.8) is 0 Å². The molecule has 1 aromatic carbocycles. The normalized spacial score (nSPS) is 44.0. The summed E-state index contributed by atoms with van der Waals surface area (Å²) in [6.07, 6.45) is -8.88. The van der Waals surface area contributed by atoms with Crippen molar-refractivity contribution in [2.75, 3.05) is 28.3 Å². The first-order valence-electron chi connectivity index (χ1n) is 21.7. The first kappa shape index (κ1) is 51.0. The molecular formula is C45H75N3O13. The minimum atomic E-state index is -1.98. The summed E-state index contributed by atoms with van der Waals surface area (Å²) in [5, 5.41) is 51.6. The molecule has 3 aliphatic heterocycles. The number of hydrazone groups is 1. The van der Waals surface area contributed by atoms with E-state index >= 15 is 0 Å². The van der Waals surface area contributed by atoms with Crippen LogP contribution in [0.2, 0.25) is 0 Å². The molecule has 16 nitrogen and oxygen atoms in total. The van der Waals surface area contributed by atoms with Crippen LogP contribution < -0.4 is 5.43 Å². The maximum Gasteiger partial charge on any atom is 0.311 e. The minimum Gasteiger partial charge on any atom is -0.459 e. The van der Waals surface area contributed by atoms with Crippen LogP contribution >= 0.6 is 0 Å². The average molecular weight is 866 g/mol. The number of benzene rings is 1. The van der Waals surface area contributed by atoms with Gasteiger partial charge in [-0.3, -0.25) is 9.59 Å². The molecule has 3 saturated heterocycles. The van der Waals surface area contributed by atoms with Gasteiger partial charge in [0.2, 0.25) is 0 Å². The second-order valence-electron chi connectivity index (χ2n) is 18.6. The Morgan fingerprint density at radius 1 is 0.902 bits per heavy atom. The molecule has 4 rings (SSSR count). The molecule has 1 amide bonds. The van der Waals surface area contributed by atoms with Crippen LogP contribution in [-0.4, -0.2) is 155 Å². The highest BCUT2D eigenvalue weighted by atomic mass is 16.7. The summed E-state index contributed by atoms with van der Waals surface area (Å²) in [5.41, 5.74) is -0.941. The summed E-state index contributed by atoms with van der Waals surface area (Å²) < 4.78 is 44.7. The maximum atomic E-state index is 14.5. The van der Waals surface area contributed by atoms with Gasteiger partial charge in [0, 0.05) is 49.8 Å². The summed E-state index contributed by atoms with van der Waals surface area (Å²) >= 11 is 0. The van der Waals surface area contributed by atoms with Gasteiger partial charge in [-0.15, -0.1) is 0 Å². The summed E-state index contributed by atoms with van der Waals surface area (Å²) in [5.74, 6) is -4.41. The predicted octanol–water partition coefficient (Wildman–Crippen LogP) is 3.66. The Morgan fingerprint density at radius 3 is 2.10 bits per heavy atom. The number of hydrogen-bond donors (Lipinski definition) is 5. The first-order valence-corrected chi connectivity index (χ1v) is 21.7. The third kappa shape index (κ3) is 11.4. The van der Waals surface area contributed by atoms with Crippen molar-refractivity contribution >= 4 is 17.6 Å². The number of carbonyl (C=O) groups excluding carboxylic acids is 2. The van der Waals surface area contributed by atoms with Crippen LogP contribution in [0.15, 0.2) is 35.4 Å². The Bertz CT molecular complexity index is 1620. The van der Waals surface area contributed by atoms with Crippen LogP contribution in [-0.2, 0) is 38.0 Å². The Kier molecular flexibility index (Phi) is 17.5. The molecule has 0 radical (unpaired) electrons. The largest absolute Gasteiger partial charge is 0.459 e. The highest BCUT2D eigenvalue weighted by Crippen LogP contribution is 2.42. The summed E-state index contributed by atoms with van der Waals surface area (Å²) in [6.45, 7) is 17.5. The number of methoxy groups -OCH3 is 2. The van der Waals surface area contributed by atoms with Gasteiger partial charge in [0.05, 0.1) is 47.6 Å². The third-order valence-electron chi connectivity index (χ3n) is 13.6. The van der Waals surface area contributed by atoms with Gasteiger partial charge in [-0.1, -0.05) is 45.9 Å². The zero-order valence-electron chi connectivity index (χ0n) is 38.7. The predicted molar refractivity (Wildman–Crippen MR) is 227 cm³/mol. The zero-order chi connectivity index (χ0) is 45.8. The lowest BCUT2D eigenvalue weighted by Crippen LogP contribution is -2.61. The topological polar surface area (TPSA) is 207 Å². The molecule has 348 valence electrons. The molecule has 1 aromatic rings. The van der Waals surface area contributed by atoms with Crippen LogP contribution in [0.4, 0.5) is 0 Å². The molecule has 3 heterocycles. The van der Waals surface area contributed by atoms with Crippen molar-refractivity contribution in [3.8, 4) is 0 Å². The number of ether oxygens (including phenoxy) is 7. The fraction of sp³-hybridized carbons (Fsp3) is 0.800. The van der Waals surface area contributed by atoms with Gasteiger partial charge in [-0.2, -0.15) is 5.10 Å². The van der Waals surface area contributed by atoms with Crippen molar-refractivity contribution in [3.05, 3.63) is 35.9 Å². The molecule has 0 bridgehead atoms. The number of nitrogens with one attached hydrogen (secondary N) is 1. The van der Waals surface area contributed by atoms with E-state index < -0.39 is 108 Å². The fourth-order valence-corrected chi connectivity index (χ4v) is 9.58. The van der Waals surface area contributed by atoms with Gasteiger partial charge >= 0.3 is 5.97 Å². The number of cyclic esters (lactones) is 1. The van der Waals surface area contributed by atoms with Crippen molar-refractivity contribution in [1.82, 2.24) is 10.3 Å². The SMILES string of the molecule is CC[C@H]1OC(=O)[C@H](C)[C@@H](OC2C[C@@](C)(OC)[C@@H](O)[C@H](C)O2)[C@H](C)[C@@H](OC2OC(C)CC(N(C)C)C2O)[C@](C)(OC)C[C@@H](C)/C(=N\NC(=O)c2ccccc2)[C@H](C)[C@@H](O)[C@]1(C)O. The monoisotopic (exact) mass is 866 g/mol. The van der Waals surface area contributed by atoms with Gasteiger partial charge in [0.25, 0.3) is 5.91 Å². The van der Waals surface area contributed by atoms with E-state index in [1.165, 1.54) is 21.1 Å². The van der Waals surface area contributed by atoms with Crippen molar-refractivity contribution < 1.29 is 63.2 Å². The van der Waals surface area contributed by atoms with E-state index in [4.69, 9.17) is 33.2 Å². The number of nitrogens with zero attached hydrogens (tertiary/aromatic N) is 2. The zero-order valence-corrected chi connectivity index (χ0v) is 38.7. The van der Waals surface area contributed by atoms with Crippen molar-refractivity contribution in [2.45, 2.75) is 179 Å². The number of likely N-dealkylation sites (N-methyl/N-ethyl adjacent to an activating group) is 1. The first-order chi connectivity index (χ1) is 28.5. The van der Waals surface area contributed by atoms with E-state index in [-0.39, 0.29) is 31.4 Å². The van der Waals surface area contributed by atoms with Crippen molar-refractivity contribution in [2.24, 2.45) is 28.8 Å². The molecule has 3 fully saturated rings. The number of amides is 1. The average Bonchev–Trinajstić information content (AvgIpc) is 3.22. The molecule has 3 aliphatic rings. The number of aliphatic hydroxyl groups is 4. The summed E-state index contributed by atoms with van der Waals surface area (Å²) in [6, 6.07) is 8.27. The van der Waals surface area contributed by atoms with Crippen LogP contribution in [0.3, 0.4) is 0 Å². The molecule has 5 N–H and O–H groups in total. The van der Waals surface area contributed by atoms with Gasteiger partial charge in [0.1, 0.15) is 23.9 Å². The highest BCUT2D eigenvalue weighted by molar-refractivity contribution is 5.96. The van der Waals surface area contributed by atoms with E-state index in [9.17, 15) is 30.0 Å². The second-order valence-corrected chi connectivity index (χ2v) is 18.6. The number of hydrogen-bond acceptors (Lipinski definition) is 15. The van der Waals surface area contributed by atoms with Crippen LogP contribution in [0.25, 0.3) is 0 Å². The minimum absolute atomic E-state index is 0.113. The lowest BCUT2D eigenvalue weighted by molar-refractivity contribution is -0.319. The lowest BCUT2D eigenvalue weighted by atomic mass is 9.73. The molecule has 0 saturated carbocycles. The van der Waals surface area contributed by atoms with Gasteiger partial charge in [0.15, 0.2) is 12.6 Å². The van der Waals surface area contributed by atoms with E-state index in [0.29, 0.717) is 17.7 Å². The Balaban J connectivity index is 1.92. The third-order valence-corrected chi connectivity index (χ3v) is 13.6. The molecule has 18 atom stereocenters. The Morgan fingerprint density at radius 2 is 1.52 bits per heavy atom. The molecule has 0 aromatic heterocycles. The smallest absolute Gasteiger partial charge is 0.311 e. The molecule has 5 unspecified atom stereocenters. The number of esters is 1. The Labute approximate surface area is 362 Å². The van der Waals surface area contributed by atoms with Crippen LogP contribution in [0, 0.1) is 23.7 Å². The van der Waals surface area contributed by atoms with E-state index in [1.54, 1.807) is 65.0 Å². The second kappa shape index (κ2) is 20.9. The molecule has 61 heavy (non-hydrogen) atoms. The fourth-order valence-electron chi connectivity index (χ4n) is 9.58. The number of rotatable bonds is 10. The lowest BCUT2D eigenvalue weighted by Gasteiger charge is -2.50. The number of carbonyl (C=O) groups is 2. The van der Waals surface area contributed by atoms with Crippen LogP contribution in [0.1, 0.15) is 105 Å². The number of aliphatic hydroxyl groups excluding tert-OH is 3. The van der Waals surface area contributed by atoms with Crippen molar-refractivity contribution in [1.29, 1.82) is 0 Å². The Hall–Kier alpha value is -2.61. The summed E-state index contributed by atoms with van der Waals surface area (Å²) in [7, 11) is 6.81. The van der Waals surface area contributed by atoms with Gasteiger partial charge < -0.3 is 58.5 Å². The van der Waals surface area contributed by atoms with Crippen LogP contribution in [0.5, 0.6) is 0 Å². The molecular weight excluding hydrogens is 791 g/mol. The highest BCUT2D eigenvalue weighted by Gasteiger charge is 2.54. The maximum absolute atomic E-state index is 14.5. The van der Waals surface area contributed by atoms with E-state index in [1.807, 2.05) is 46.7 Å². The molecule has 0 aliphatic carbocycles. The summed E-state index contributed by atoms with van der Waals surface area (Å²) in [4.78, 5) is 29.8. The van der Waals surface area contributed by atoms with E-state index in [0.717, 1.165) is 0 Å². The van der Waals surface area contributed by atoms with E-state index in [2.05, 4.69) is 10.5 Å². The van der Waals surface area contributed by atoms with Gasteiger partial charge in [-0.25, -0.2) is 5.43 Å². The van der Waals surface area contributed by atoms with Gasteiger partial charge in [-0.05, 0) is 93.0 Å². The quantitative estimate of drug-likeness (QED) is 0.168. The molecule has 0 spiro atoms. The molecule has 16 heteroatoms.